The molecule has 1 saturated heterocycles. The summed E-state index contributed by atoms with van der Waals surface area (Å²) in [4.78, 5) is 22.6. The fourth-order valence-electron chi connectivity index (χ4n) is 2.12. The molecule has 1 atom stereocenters. The molecule has 1 aromatic carbocycles. The van der Waals surface area contributed by atoms with Gasteiger partial charge in [0.25, 0.3) is 11.6 Å². The summed E-state index contributed by atoms with van der Waals surface area (Å²) in [7, 11) is 0. The van der Waals surface area contributed by atoms with Crippen molar-refractivity contribution in [3.05, 3.63) is 32.8 Å². The Morgan fingerprint density at radius 3 is 2.81 bits per heavy atom. The molecule has 1 aliphatic heterocycles. The third-order valence-electron chi connectivity index (χ3n) is 3.31. The van der Waals surface area contributed by atoms with Crippen LogP contribution in [0.3, 0.4) is 0 Å². The van der Waals surface area contributed by atoms with Gasteiger partial charge in [-0.3, -0.25) is 20.8 Å². The number of benzene rings is 1. The quantitative estimate of drug-likeness (QED) is 0.439. The first kappa shape index (κ1) is 15.5. The molecule has 1 unspecified atom stereocenters. The molecule has 1 heterocycles. The number of nitrogens with one attached hydrogen (secondary N) is 2. The lowest BCUT2D eigenvalue weighted by atomic mass is 10.0. The Labute approximate surface area is 125 Å². The highest BCUT2D eigenvalue weighted by Gasteiger charge is 2.32. The van der Waals surface area contributed by atoms with Crippen LogP contribution in [0.1, 0.15) is 23.7 Å². The minimum atomic E-state index is -0.655. The van der Waals surface area contributed by atoms with Gasteiger partial charge in [-0.1, -0.05) is 11.6 Å². The van der Waals surface area contributed by atoms with E-state index in [1.54, 1.807) is 0 Å². The Bertz CT molecular complexity index is 587. The van der Waals surface area contributed by atoms with Crippen molar-refractivity contribution in [3.63, 3.8) is 0 Å². The molecule has 0 saturated carbocycles. The fourth-order valence-corrected chi connectivity index (χ4v) is 2.39. The van der Waals surface area contributed by atoms with Gasteiger partial charge < -0.3 is 15.5 Å². The maximum Gasteiger partial charge on any atom is 0.295 e. The first-order valence-corrected chi connectivity index (χ1v) is 6.59. The summed E-state index contributed by atoms with van der Waals surface area (Å²) in [6, 6.07) is 2.47. The molecular formula is C12H15ClN4O4. The monoisotopic (exact) mass is 314 g/mol. The van der Waals surface area contributed by atoms with Crippen LogP contribution < -0.4 is 16.6 Å². The lowest BCUT2D eigenvalue weighted by Gasteiger charge is -2.23. The molecule has 2 rings (SSSR count). The van der Waals surface area contributed by atoms with Crippen LogP contribution in [-0.2, 0) is 4.74 Å². The lowest BCUT2D eigenvalue weighted by molar-refractivity contribution is -0.384. The molecule has 0 bridgehead atoms. The van der Waals surface area contributed by atoms with E-state index >= 15 is 0 Å². The number of nitro benzene ring substituents is 1. The number of nitrogens with two attached hydrogens (primary N) is 1. The molecule has 0 radical (unpaired) electrons. The fraction of sp³-hybridized carbons (Fsp3) is 0.417. The van der Waals surface area contributed by atoms with Gasteiger partial charge in [-0.15, -0.1) is 0 Å². The summed E-state index contributed by atoms with van der Waals surface area (Å²) in [5, 5.41) is 13.8. The summed E-state index contributed by atoms with van der Waals surface area (Å²) in [6.07, 6.45) is 0.678. The number of hydrogen-bond donors (Lipinski definition) is 3. The largest absolute Gasteiger partial charge is 0.379 e. The second-order valence-electron chi connectivity index (χ2n) is 5.07. The van der Waals surface area contributed by atoms with Crippen molar-refractivity contribution < 1.29 is 14.5 Å². The lowest BCUT2D eigenvalue weighted by Crippen LogP contribution is -2.46. The molecule has 114 valence electrons. The van der Waals surface area contributed by atoms with Crippen molar-refractivity contribution in [3.8, 4) is 0 Å². The van der Waals surface area contributed by atoms with E-state index < -0.39 is 16.4 Å². The summed E-state index contributed by atoms with van der Waals surface area (Å²) in [5.41, 5.74) is 1.39. The van der Waals surface area contributed by atoms with Gasteiger partial charge in [-0.05, 0) is 19.4 Å². The van der Waals surface area contributed by atoms with Crippen LogP contribution in [0, 0.1) is 10.1 Å². The molecule has 0 spiro atoms. The van der Waals surface area contributed by atoms with Gasteiger partial charge in [0.2, 0.25) is 0 Å². The van der Waals surface area contributed by atoms with Gasteiger partial charge in [-0.2, -0.15) is 0 Å². The second-order valence-corrected chi connectivity index (χ2v) is 5.48. The number of carbonyl (C=O) groups is 1. The van der Waals surface area contributed by atoms with Crippen LogP contribution in [0.5, 0.6) is 0 Å². The number of ether oxygens (including phenoxy) is 1. The van der Waals surface area contributed by atoms with E-state index in [-0.39, 0.29) is 22.0 Å². The van der Waals surface area contributed by atoms with E-state index in [1.807, 2.05) is 6.92 Å². The average Bonchev–Trinajstić information content (AvgIpc) is 2.84. The number of nitro groups is 1. The molecule has 0 aliphatic carbocycles. The first-order chi connectivity index (χ1) is 9.86. The van der Waals surface area contributed by atoms with Gasteiger partial charge >= 0.3 is 0 Å². The van der Waals surface area contributed by atoms with E-state index in [1.165, 1.54) is 6.07 Å². The van der Waals surface area contributed by atoms with Crippen molar-refractivity contribution in [2.75, 3.05) is 18.6 Å². The minimum Gasteiger partial charge on any atom is -0.379 e. The van der Waals surface area contributed by atoms with Gasteiger partial charge in [0.15, 0.2) is 0 Å². The molecule has 8 nitrogen and oxygen atoms in total. The first-order valence-electron chi connectivity index (χ1n) is 6.21. The molecule has 1 aromatic rings. The van der Waals surface area contributed by atoms with E-state index in [2.05, 4.69) is 10.7 Å². The maximum absolute atomic E-state index is 12.2. The zero-order valence-electron chi connectivity index (χ0n) is 11.3. The third kappa shape index (κ3) is 3.23. The maximum atomic E-state index is 12.2. The van der Waals surface area contributed by atoms with Crippen LogP contribution in [0.2, 0.25) is 5.02 Å². The zero-order chi connectivity index (χ0) is 15.6. The highest BCUT2D eigenvalue weighted by atomic mass is 35.5. The number of hydrogen-bond acceptors (Lipinski definition) is 6. The molecule has 0 aromatic heterocycles. The number of nitrogens with zero attached hydrogens (tertiary/aromatic N) is 1. The van der Waals surface area contributed by atoms with Crippen molar-refractivity contribution in [1.82, 2.24) is 5.32 Å². The number of anilines is 1. The molecule has 1 aliphatic rings. The number of rotatable bonds is 4. The number of hydrazine groups is 1. The second kappa shape index (κ2) is 5.84. The Hall–Kier alpha value is -1.90. The summed E-state index contributed by atoms with van der Waals surface area (Å²) >= 11 is 5.92. The Balaban J connectivity index is 2.31. The van der Waals surface area contributed by atoms with Crippen molar-refractivity contribution >= 4 is 28.9 Å². The molecule has 1 amide bonds. The number of amides is 1. The van der Waals surface area contributed by atoms with Crippen LogP contribution in [0.25, 0.3) is 0 Å². The smallest absolute Gasteiger partial charge is 0.295 e. The zero-order valence-corrected chi connectivity index (χ0v) is 12.1. The summed E-state index contributed by atoms with van der Waals surface area (Å²) < 4.78 is 5.24. The molecular weight excluding hydrogens is 300 g/mol. The molecule has 9 heteroatoms. The third-order valence-corrected chi connectivity index (χ3v) is 3.60. The van der Waals surface area contributed by atoms with Crippen molar-refractivity contribution in [2.45, 2.75) is 18.9 Å². The normalized spacial score (nSPS) is 21.1. The van der Waals surface area contributed by atoms with Crippen LogP contribution in [-0.4, -0.2) is 29.6 Å². The van der Waals surface area contributed by atoms with E-state index in [0.717, 1.165) is 6.07 Å². The predicted octanol–water partition coefficient (Wildman–Crippen LogP) is 1.44. The van der Waals surface area contributed by atoms with Crippen molar-refractivity contribution in [2.24, 2.45) is 5.84 Å². The highest BCUT2D eigenvalue weighted by molar-refractivity contribution is 6.34. The Kier molecular flexibility index (Phi) is 4.31. The Morgan fingerprint density at radius 1 is 1.57 bits per heavy atom. The van der Waals surface area contributed by atoms with Gasteiger partial charge in [0.1, 0.15) is 5.69 Å². The van der Waals surface area contributed by atoms with Crippen LogP contribution in [0.4, 0.5) is 11.4 Å². The summed E-state index contributed by atoms with van der Waals surface area (Å²) in [5.74, 6) is 4.76. The van der Waals surface area contributed by atoms with Crippen molar-refractivity contribution in [1.29, 1.82) is 0 Å². The number of carbonyl (C=O) groups excluding carboxylic acids is 1. The van der Waals surface area contributed by atoms with Crippen LogP contribution in [0.15, 0.2) is 12.1 Å². The Morgan fingerprint density at radius 2 is 2.29 bits per heavy atom. The van der Waals surface area contributed by atoms with E-state index in [9.17, 15) is 14.9 Å². The van der Waals surface area contributed by atoms with Crippen LogP contribution >= 0.6 is 11.6 Å². The molecule has 1 fully saturated rings. The molecule has 21 heavy (non-hydrogen) atoms. The highest BCUT2D eigenvalue weighted by Crippen LogP contribution is 2.33. The topological polar surface area (TPSA) is 120 Å². The summed E-state index contributed by atoms with van der Waals surface area (Å²) in [6.45, 7) is 2.81. The standard InChI is InChI=1S/C12H15ClN4O4/c1-12(2-3-21-6-12)15-11(18)7-4-8(13)10(16-14)9(5-7)17(19)20/h4-5,16H,2-3,6,14H2,1H3,(H,15,18). The number of halogens is 1. The van der Waals surface area contributed by atoms with Gasteiger partial charge in [-0.25, -0.2) is 0 Å². The molecule has 4 N–H and O–H groups in total. The average molecular weight is 315 g/mol. The van der Waals surface area contributed by atoms with Gasteiger partial charge in [0.05, 0.1) is 22.1 Å². The minimum absolute atomic E-state index is 0.00433. The SMILES string of the molecule is CC1(NC(=O)c2cc(Cl)c(NN)c([N+](=O)[O-])c2)CCOC1. The van der Waals surface area contributed by atoms with E-state index in [4.69, 9.17) is 22.2 Å². The van der Waals surface area contributed by atoms with Gasteiger partial charge in [0, 0.05) is 18.2 Å². The van der Waals surface area contributed by atoms with E-state index in [0.29, 0.717) is 19.6 Å². The predicted molar refractivity (Wildman–Crippen MR) is 77.2 cm³/mol. The number of nitrogen functional groups attached to an aromatic ring is 1.